The van der Waals surface area contributed by atoms with Gasteiger partial charge in [0.15, 0.2) is 0 Å². The van der Waals surface area contributed by atoms with E-state index in [0.29, 0.717) is 13.1 Å². The summed E-state index contributed by atoms with van der Waals surface area (Å²) in [5.74, 6) is -0.501. The first kappa shape index (κ1) is 18.7. The number of amides is 4. The van der Waals surface area contributed by atoms with E-state index in [2.05, 4.69) is 22.3 Å². The van der Waals surface area contributed by atoms with Gasteiger partial charge >= 0.3 is 6.03 Å². The summed E-state index contributed by atoms with van der Waals surface area (Å²) >= 11 is 0. The largest absolute Gasteiger partial charge is 0.352 e. The van der Waals surface area contributed by atoms with E-state index in [1.165, 1.54) is 5.56 Å². The molecule has 4 amide bonds. The molecule has 1 N–H and O–H groups in total. The van der Waals surface area contributed by atoms with Crippen molar-refractivity contribution < 1.29 is 14.4 Å². The molecule has 0 aromatic heterocycles. The van der Waals surface area contributed by atoms with Gasteiger partial charge < -0.3 is 10.2 Å². The van der Waals surface area contributed by atoms with E-state index in [0.717, 1.165) is 30.8 Å². The number of carbonyl (C=O) groups excluding carboxylic acids is 3. The quantitative estimate of drug-likeness (QED) is 0.770. The zero-order valence-electron chi connectivity index (χ0n) is 14.5. The number of carbonyl (C=O) groups is 3. The van der Waals surface area contributed by atoms with E-state index < -0.39 is 6.04 Å². The highest BCUT2D eigenvalue weighted by Crippen LogP contribution is 2.23. The molecule has 0 bridgehead atoms. The molecule has 3 fully saturated rings. The predicted octanol–water partition coefficient (Wildman–Crippen LogP) is 0.835. The van der Waals surface area contributed by atoms with Gasteiger partial charge in [-0.1, -0.05) is 30.3 Å². The summed E-state index contributed by atoms with van der Waals surface area (Å²) < 4.78 is 0. The minimum absolute atomic E-state index is 0. The Bertz CT molecular complexity index is 695. The molecular formula is C18H23ClN4O3. The number of hydrogen-bond donors (Lipinski definition) is 1. The summed E-state index contributed by atoms with van der Waals surface area (Å²) in [6.07, 6.45) is 1.97. The average Bonchev–Trinajstić information content (AvgIpc) is 3.39. The molecule has 140 valence electrons. The standard InChI is InChI=1S/C18H22N4O3.ClH/c23-16(19-14-6-7-14)12-22-17(24)15-11-20(8-9-21(15)18(22)25)10-13-4-2-1-3-5-13;/h1-5,14-15H,6-12H2,(H,19,23);1H. The van der Waals surface area contributed by atoms with Gasteiger partial charge in [0, 0.05) is 32.2 Å². The Morgan fingerprint density at radius 1 is 1.12 bits per heavy atom. The Labute approximate surface area is 158 Å². The van der Waals surface area contributed by atoms with Crippen molar-refractivity contribution in [1.82, 2.24) is 20.0 Å². The molecule has 26 heavy (non-hydrogen) atoms. The van der Waals surface area contributed by atoms with Crippen LogP contribution in [0.2, 0.25) is 0 Å². The number of imide groups is 1. The average molecular weight is 379 g/mol. The van der Waals surface area contributed by atoms with Crippen LogP contribution in [0.25, 0.3) is 0 Å². The van der Waals surface area contributed by atoms with Crippen LogP contribution >= 0.6 is 12.4 Å². The molecule has 3 aliphatic rings. The topological polar surface area (TPSA) is 73.0 Å². The summed E-state index contributed by atoms with van der Waals surface area (Å²) in [7, 11) is 0. The van der Waals surface area contributed by atoms with Gasteiger partial charge in [0.1, 0.15) is 12.6 Å². The Morgan fingerprint density at radius 2 is 1.85 bits per heavy atom. The lowest BCUT2D eigenvalue weighted by Crippen LogP contribution is -2.52. The number of nitrogens with zero attached hydrogens (tertiary/aromatic N) is 3. The van der Waals surface area contributed by atoms with E-state index >= 15 is 0 Å². The van der Waals surface area contributed by atoms with Crippen molar-refractivity contribution in [2.24, 2.45) is 0 Å². The van der Waals surface area contributed by atoms with Gasteiger partial charge in [-0.25, -0.2) is 4.79 Å². The first-order valence-electron chi connectivity index (χ1n) is 8.79. The minimum Gasteiger partial charge on any atom is -0.352 e. The Hall–Kier alpha value is -2.12. The fraction of sp³-hybridized carbons (Fsp3) is 0.500. The van der Waals surface area contributed by atoms with Crippen LogP contribution in [0.1, 0.15) is 18.4 Å². The second-order valence-electron chi connectivity index (χ2n) is 6.98. The lowest BCUT2D eigenvalue weighted by Gasteiger charge is -2.35. The van der Waals surface area contributed by atoms with Gasteiger partial charge in [-0.3, -0.25) is 19.4 Å². The third kappa shape index (κ3) is 3.83. The number of fused-ring (bicyclic) bond motifs is 1. The molecule has 0 spiro atoms. The smallest absolute Gasteiger partial charge is 0.328 e. The van der Waals surface area contributed by atoms with Crippen molar-refractivity contribution in [1.29, 1.82) is 0 Å². The molecule has 1 aromatic rings. The number of nitrogens with one attached hydrogen (secondary N) is 1. The van der Waals surface area contributed by atoms with Gasteiger partial charge in [0.25, 0.3) is 5.91 Å². The van der Waals surface area contributed by atoms with Crippen molar-refractivity contribution in [2.45, 2.75) is 31.5 Å². The SMILES string of the molecule is Cl.O=C(CN1C(=O)C2CN(Cc3ccccc3)CCN2C1=O)NC1CC1. The molecule has 1 unspecified atom stereocenters. The van der Waals surface area contributed by atoms with Crippen LogP contribution in [-0.4, -0.2) is 70.8 Å². The van der Waals surface area contributed by atoms with Crippen molar-refractivity contribution >= 4 is 30.3 Å². The third-order valence-electron chi connectivity index (χ3n) is 4.99. The van der Waals surface area contributed by atoms with E-state index in [-0.39, 0.29) is 42.8 Å². The number of hydrogen-bond acceptors (Lipinski definition) is 4. The second-order valence-corrected chi connectivity index (χ2v) is 6.98. The van der Waals surface area contributed by atoms with Gasteiger partial charge in [-0.2, -0.15) is 0 Å². The van der Waals surface area contributed by atoms with Crippen LogP contribution < -0.4 is 5.32 Å². The van der Waals surface area contributed by atoms with Crippen molar-refractivity contribution in [3.63, 3.8) is 0 Å². The lowest BCUT2D eigenvalue weighted by molar-refractivity contribution is -0.133. The normalized spacial score (nSPS) is 22.8. The van der Waals surface area contributed by atoms with E-state index in [4.69, 9.17) is 0 Å². The van der Waals surface area contributed by atoms with Gasteiger partial charge in [0.05, 0.1) is 0 Å². The highest BCUT2D eigenvalue weighted by atomic mass is 35.5. The molecule has 0 radical (unpaired) electrons. The van der Waals surface area contributed by atoms with Gasteiger partial charge in [0.2, 0.25) is 5.91 Å². The van der Waals surface area contributed by atoms with E-state index in [1.54, 1.807) is 4.90 Å². The Balaban J connectivity index is 0.00000196. The molecule has 1 aromatic carbocycles. The van der Waals surface area contributed by atoms with Gasteiger partial charge in [-0.05, 0) is 18.4 Å². The molecule has 1 aliphatic carbocycles. The molecule has 4 rings (SSSR count). The molecule has 2 saturated heterocycles. The Kier molecular flexibility index (Phi) is 5.48. The summed E-state index contributed by atoms with van der Waals surface area (Å²) in [6.45, 7) is 2.35. The maximum absolute atomic E-state index is 12.6. The van der Waals surface area contributed by atoms with Crippen molar-refractivity contribution in [2.75, 3.05) is 26.2 Å². The molecule has 8 heteroatoms. The van der Waals surface area contributed by atoms with Crippen LogP contribution in [0, 0.1) is 0 Å². The molecule has 7 nitrogen and oxygen atoms in total. The van der Waals surface area contributed by atoms with Crippen LogP contribution in [0.4, 0.5) is 4.79 Å². The number of halogens is 1. The Morgan fingerprint density at radius 3 is 2.54 bits per heavy atom. The van der Waals surface area contributed by atoms with Crippen molar-refractivity contribution in [3.8, 4) is 0 Å². The molecule has 2 aliphatic heterocycles. The maximum atomic E-state index is 12.6. The minimum atomic E-state index is -0.473. The highest BCUT2D eigenvalue weighted by molar-refractivity contribution is 6.06. The van der Waals surface area contributed by atoms with E-state index in [1.807, 2.05) is 18.2 Å². The number of rotatable bonds is 5. The summed E-state index contributed by atoms with van der Waals surface area (Å²) in [5.41, 5.74) is 1.19. The summed E-state index contributed by atoms with van der Waals surface area (Å²) in [5, 5.41) is 2.83. The van der Waals surface area contributed by atoms with E-state index in [9.17, 15) is 14.4 Å². The van der Waals surface area contributed by atoms with Crippen molar-refractivity contribution in [3.05, 3.63) is 35.9 Å². The van der Waals surface area contributed by atoms with Crippen LogP contribution in [0.3, 0.4) is 0 Å². The van der Waals surface area contributed by atoms with Crippen LogP contribution in [-0.2, 0) is 16.1 Å². The first-order valence-corrected chi connectivity index (χ1v) is 8.79. The number of urea groups is 1. The number of benzene rings is 1. The lowest BCUT2D eigenvalue weighted by atomic mass is 10.1. The van der Waals surface area contributed by atoms with Crippen LogP contribution in [0.15, 0.2) is 30.3 Å². The molecule has 1 atom stereocenters. The maximum Gasteiger partial charge on any atom is 0.328 e. The molecule has 1 saturated carbocycles. The highest BCUT2D eigenvalue weighted by Gasteiger charge is 2.48. The fourth-order valence-corrected chi connectivity index (χ4v) is 3.48. The molecule has 2 heterocycles. The third-order valence-corrected chi connectivity index (χ3v) is 4.99. The fourth-order valence-electron chi connectivity index (χ4n) is 3.48. The first-order chi connectivity index (χ1) is 12.1. The summed E-state index contributed by atoms with van der Waals surface area (Å²) in [4.78, 5) is 42.0. The van der Waals surface area contributed by atoms with Gasteiger partial charge in [-0.15, -0.1) is 12.4 Å². The zero-order valence-corrected chi connectivity index (χ0v) is 15.3. The monoisotopic (exact) mass is 378 g/mol. The number of piperazine rings is 1. The zero-order chi connectivity index (χ0) is 17.4. The summed E-state index contributed by atoms with van der Waals surface area (Å²) in [6, 6.07) is 9.51. The van der Waals surface area contributed by atoms with Crippen LogP contribution in [0.5, 0.6) is 0 Å². The molecular weight excluding hydrogens is 356 g/mol. The predicted molar refractivity (Wildman–Crippen MR) is 97.7 cm³/mol. The second kappa shape index (κ2) is 7.63.